The molecule has 0 spiro atoms. The van der Waals surface area contributed by atoms with E-state index in [0.29, 0.717) is 6.54 Å². The molecule has 0 saturated carbocycles. The topological polar surface area (TPSA) is 46.9 Å². The maximum Gasteiger partial charge on any atom is 0.246 e. The molecule has 1 atom stereocenters. The monoisotopic (exact) mass is 271 g/mol. The van der Waals surface area contributed by atoms with E-state index in [1.807, 2.05) is 61.9 Å². The maximum atomic E-state index is 12.6. The molecule has 106 valence electrons. The van der Waals surface area contributed by atoms with Crippen LogP contribution in [0.3, 0.4) is 0 Å². The summed E-state index contributed by atoms with van der Waals surface area (Å²) >= 11 is 0. The molecule has 0 aliphatic carbocycles. The van der Waals surface area contributed by atoms with Gasteiger partial charge in [0.15, 0.2) is 0 Å². The van der Waals surface area contributed by atoms with Gasteiger partial charge in [-0.05, 0) is 18.4 Å². The van der Waals surface area contributed by atoms with Crippen LogP contribution in [0.4, 0.5) is 0 Å². The van der Waals surface area contributed by atoms with Gasteiger partial charge in [-0.2, -0.15) is 0 Å². The Balaban J connectivity index is 2.13. The molecule has 4 heteroatoms. The predicted molar refractivity (Wildman–Crippen MR) is 79.0 cm³/mol. The summed E-state index contributed by atoms with van der Waals surface area (Å²) in [6, 6.07) is 9.92. The first-order valence-corrected chi connectivity index (χ1v) is 6.86. The van der Waals surface area contributed by atoms with Crippen LogP contribution < -0.4 is 5.32 Å². The number of benzene rings is 1. The van der Waals surface area contributed by atoms with Crippen molar-refractivity contribution >= 4 is 5.91 Å². The van der Waals surface area contributed by atoms with Gasteiger partial charge >= 0.3 is 0 Å². The van der Waals surface area contributed by atoms with Crippen LogP contribution in [-0.4, -0.2) is 15.5 Å². The van der Waals surface area contributed by atoms with Crippen LogP contribution in [0.5, 0.6) is 0 Å². The van der Waals surface area contributed by atoms with Crippen molar-refractivity contribution in [2.24, 2.45) is 5.92 Å². The average Bonchev–Trinajstić information content (AvgIpc) is 2.99. The number of carbonyl (C=O) groups is 1. The first-order chi connectivity index (χ1) is 9.55. The fraction of sp³-hybridized carbons (Fsp3) is 0.375. The summed E-state index contributed by atoms with van der Waals surface area (Å²) in [5.41, 5.74) is 0.461. The molecule has 0 unspecified atom stereocenters. The second-order valence-electron chi connectivity index (χ2n) is 5.44. The summed E-state index contributed by atoms with van der Waals surface area (Å²) in [5.74, 6) is 0.168. The zero-order valence-electron chi connectivity index (χ0n) is 12.2. The van der Waals surface area contributed by atoms with Gasteiger partial charge in [0, 0.05) is 18.9 Å². The lowest BCUT2D eigenvalue weighted by molar-refractivity contribution is -0.131. The zero-order chi connectivity index (χ0) is 14.6. The SMILES string of the molecule is CC(C)[C@@](C)(C(=O)NCc1ccccc1)n1ccnc1. The molecule has 0 fully saturated rings. The van der Waals surface area contributed by atoms with Gasteiger partial charge < -0.3 is 9.88 Å². The number of hydrogen-bond acceptors (Lipinski definition) is 2. The van der Waals surface area contributed by atoms with Crippen molar-refractivity contribution in [1.82, 2.24) is 14.9 Å². The highest BCUT2D eigenvalue weighted by Crippen LogP contribution is 2.26. The smallest absolute Gasteiger partial charge is 0.246 e. The Hall–Kier alpha value is -2.10. The third-order valence-electron chi connectivity index (χ3n) is 3.92. The molecular weight excluding hydrogens is 250 g/mol. The van der Waals surface area contributed by atoms with Gasteiger partial charge in [-0.3, -0.25) is 4.79 Å². The molecule has 0 aliphatic heterocycles. The standard InChI is InChI=1S/C16H21N3O/c1-13(2)16(3,19-10-9-17-12-19)15(20)18-11-14-7-5-4-6-8-14/h4-10,12-13H,11H2,1-3H3,(H,18,20)/t16-/m0/s1. The van der Waals surface area contributed by atoms with Crippen LogP contribution in [0.25, 0.3) is 0 Å². The van der Waals surface area contributed by atoms with Crippen molar-refractivity contribution in [1.29, 1.82) is 0 Å². The number of carbonyl (C=O) groups excluding carboxylic acids is 1. The van der Waals surface area contributed by atoms with Crippen LogP contribution in [0.2, 0.25) is 0 Å². The van der Waals surface area contributed by atoms with Gasteiger partial charge in [-0.25, -0.2) is 4.98 Å². The molecule has 0 bridgehead atoms. The summed E-state index contributed by atoms with van der Waals surface area (Å²) in [4.78, 5) is 16.7. The number of nitrogens with zero attached hydrogens (tertiary/aromatic N) is 2. The van der Waals surface area contributed by atoms with E-state index >= 15 is 0 Å². The summed E-state index contributed by atoms with van der Waals surface area (Å²) in [6.45, 7) is 6.57. The first kappa shape index (κ1) is 14.3. The minimum absolute atomic E-state index is 0.00866. The lowest BCUT2D eigenvalue weighted by Gasteiger charge is -2.33. The van der Waals surface area contributed by atoms with Crippen molar-refractivity contribution < 1.29 is 4.79 Å². The van der Waals surface area contributed by atoms with Gasteiger partial charge in [0.25, 0.3) is 0 Å². The quantitative estimate of drug-likeness (QED) is 0.908. The Bertz CT molecular complexity index is 548. The molecule has 1 aromatic carbocycles. The molecule has 0 saturated heterocycles. The molecule has 0 radical (unpaired) electrons. The van der Waals surface area contributed by atoms with E-state index in [1.165, 1.54) is 0 Å². The van der Waals surface area contributed by atoms with E-state index in [4.69, 9.17) is 0 Å². The van der Waals surface area contributed by atoms with Gasteiger partial charge in [-0.15, -0.1) is 0 Å². The van der Waals surface area contributed by atoms with Crippen molar-refractivity contribution in [3.8, 4) is 0 Å². The second kappa shape index (κ2) is 5.90. The minimum atomic E-state index is -0.634. The second-order valence-corrected chi connectivity index (χ2v) is 5.44. The molecule has 2 rings (SSSR count). The number of aromatic nitrogens is 2. The van der Waals surface area contributed by atoms with Gasteiger partial charge in [0.1, 0.15) is 5.54 Å². The normalized spacial score (nSPS) is 14.0. The van der Waals surface area contributed by atoms with E-state index in [1.54, 1.807) is 12.5 Å². The maximum absolute atomic E-state index is 12.6. The third kappa shape index (κ3) is 2.74. The Morgan fingerprint density at radius 2 is 2.05 bits per heavy atom. The highest BCUT2D eigenvalue weighted by atomic mass is 16.2. The van der Waals surface area contributed by atoms with E-state index in [-0.39, 0.29) is 11.8 Å². The van der Waals surface area contributed by atoms with Gasteiger partial charge in [-0.1, -0.05) is 44.2 Å². The van der Waals surface area contributed by atoms with Crippen LogP contribution in [0.1, 0.15) is 26.3 Å². The molecule has 1 N–H and O–H groups in total. The third-order valence-corrected chi connectivity index (χ3v) is 3.92. The molecule has 1 aromatic heterocycles. The van der Waals surface area contributed by atoms with Crippen LogP contribution in [0, 0.1) is 5.92 Å². The van der Waals surface area contributed by atoms with Crippen molar-refractivity contribution in [3.05, 3.63) is 54.6 Å². The van der Waals surface area contributed by atoms with E-state index in [9.17, 15) is 4.79 Å². The molecule has 20 heavy (non-hydrogen) atoms. The Kier molecular flexibility index (Phi) is 4.23. The van der Waals surface area contributed by atoms with E-state index < -0.39 is 5.54 Å². The lowest BCUT2D eigenvalue weighted by Crippen LogP contribution is -2.49. The molecular formula is C16H21N3O. The molecule has 0 aliphatic rings. The highest BCUT2D eigenvalue weighted by Gasteiger charge is 2.37. The zero-order valence-corrected chi connectivity index (χ0v) is 12.2. The number of amides is 1. The van der Waals surface area contributed by atoms with E-state index in [0.717, 1.165) is 5.56 Å². The molecule has 1 amide bonds. The molecule has 2 aromatic rings. The summed E-state index contributed by atoms with van der Waals surface area (Å²) in [5, 5.41) is 3.02. The number of nitrogens with one attached hydrogen (secondary N) is 1. The summed E-state index contributed by atoms with van der Waals surface area (Å²) in [7, 11) is 0. The molecule has 1 heterocycles. The van der Waals surface area contributed by atoms with Crippen LogP contribution in [-0.2, 0) is 16.9 Å². The summed E-state index contributed by atoms with van der Waals surface area (Å²) < 4.78 is 1.87. The van der Waals surface area contributed by atoms with Crippen molar-refractivity contribution in [3.63, 3.8) is 0 Å². The highest BCUT2D eigenvalue weighted by molar-refractivity contribution is 5.84. The van der Waals surface area contributed by atoms with Gasteiger partial charge in [0.2, 0.25) is 5.91 Å². The van der Waals surface area contributed by atoms with Crippen LogP contribution in [0.15, 0.2) is 49.1 Å². The molecule has 4 nitrogen and oxygen atoms in total. The Labute approximate surface area is 119 Å². The predicted octanol–water partition coefficient (Wildman–Crippen LogP) is 2.57. The number of rotatable bonds is 5. The van der Waals surface area contributed by atoms with Crippen molar-refractivity contribution in [2.75, 3.05) is 0 Å². The average molecular weight is 271 g/mol. The Morgan fingerprint density at radius 1 is 1.35 bits per heavy atom. The fourth-order valence-electron chi connectivity index (χ4n) is 2.17. The minimum Gasteiger partial charge on any atom is -0.350 e. The first-order valence-electron chi connectivity index (χ1n) is 6.86. The number of imidazole rings is 1. The summed E-state index contributed by atoms with van der Waals surface area (Å²) in [6.07, 6.45) is 5.23. The van der Waals surface area contributed by atoms with Crippen molar-refractivity contribution in [2.45, 2.75) is 32.9 Å². The Morgan fingerprint density at radius 3 is 2.60 bits per heavy atom. The van der Waals surface area contributed by atoms with Gasteiger partial charge in [0.05, 0.1) is 6.33 Å². The lowest BCUT2D eigenvalue weighted by atomic mass is 9.87. The largest absolute Gasteiger partial charge is 0.350 e. The fourth-order valence-corrected chi connectivity index (χ4v) is 2.17. The van der Waals surface area contributed by atoms with Crippen LogP contribution >= 0.6 is 0 Å². The number of hydrogen-bond donors (Lipinski definition) is 1. The van der Waals surface area contributed by atoms with E-state index in [2.05, 4.69) is 10.3 Å².